The fourth-order valence-electron chi connectivity index (χ4n) is 2.97. The van der Waals surface area contributed by atoms with Gasteiger partial charge in [-0.25, -0.2) is 8.42 Å². The van der Waals surface area contributed by atoms with Crippen LogP contribution < -0.4 is 5.73 Å². The summed E-state index contributed by atoms with van der Waals surface area (Å²) in [5, 5.41) is 0. The summed E-state index contributed by atoms with van der Waals surface area (Å²) in [7, 11) is -1.07. The minimum atomic E-state index is -2.87. The molecule has 26 heavy (non-hydrogen) atoms. The van der Waals surface area contributed by atoms with Crippen LogP contribution in [-0.4, -0.2) is 68.4 Å². The van der Waals surface area contributed by atoms with Crippen LogP contribution in [0.2, 0.25) is 0 Å². The smallest absolute Gasteiger partial charge is 0.253 e. The second-order valence-corrected chi connectivity index (χ2v) is 9.86. The number of carbonyl (C=O) groups is 1. The molecular weight excluding hydrogens is 350 g/mol. The van der Waals surface area contributed by atoms with Gasteiger partial charge in [0.25, 0.3) is 5.91 Å². The predicted octanol–water partition coefficient (Wildman–Crippen LogP) is 1.36. The van der Waals surface area contributed by atoms with Crippen LogP contribution in [0.3, 0.4) is 0 Å². The highest BCUT2D eigenvalue weighted by Gasteiger charge is 2.22. The van der Waals surface area contributed by atoms with Crippen LogP contribution in [0.4, 0.5) is 0 Å². The van der Waals surface area contributed by atoms with E-state index < -0.39 is 9.84 Å². The molecule has 1 amide bonds. The Morgan fingerprint density at radius 1 is 1.27 bits per heavy atom. The van der Waals surface area contributed by atoms with Crippen molar-refractivity contribution in [2.75, 3.05) is 38.2 Å². The summed E-state index contributed by atoms with van der Waals surface area (Å²) in [6, 6.07) is 7.69. The van der Waals surface area contributed by atoms with E-state index in [2.05, 4.69) is 18.7 Å². The number of benzene rings is 1. The molecule has 1 saturated heterocycles. The Kier molecular flexibility index (Phi) is 7.20. The van der Waals surface area contributed by atoms with Gasteiger partial charge in [0.15, 0.2) is 9.84 Å². The molecule has 1 atom stereocenters. The van der Waals surface area contributed by atoms with Crippen LogP contribution in [0.15, 0.2) is 24.3 Å². The van der Waals surface area contributed by atoms with Gasteiger partial charge >= 0.3 is 0 Å². The van der Waals surface area contributed by atoms with Crippen molar-refractivity contribution in [1.82, 2.24) is 9.80 Å². The molecule has 7 heteroatoms. The van der Waals surface area contributed by atoms with E-state index in [1.165, 1.54) is 0 Å². The lowest BCUT2D eigenvalue weighted by Gasteiger charge is -2.26. The summed E-state index contributed by atoms with van der Waals surface area (Å²) in [6.45, 7) is 6.57. The Hall–Kier alpha value is -1.44. The molecule has 2 rings (SSSR count). The van der Waals surface area contributed by atoms with Gasteiger partial charge in [-0.2, -0.15) is 0 Å². The van der Waals surface area contributed by atoms with Crippen LogP contribution in [0.25, 0.3) is 0 Å². The first kappa shape index (κ1) is 20.9. The van der Waals surface area contributed by atoms with E-state index in [1.807, 2.05) is 24.3 Å². The van der Waals surface area contributed by atoms with Crippen LogP contribution in [0.5, 0.6) is 0 Å². The molecule has 0 spiro atoms. The monoisotopic (exact) mass is 381 g/mol. The molecule has 1 aliphatic rings. The van der Waals surface area contributed by atoms with Gasteiger partial charge in [-0.05, 0) is 30.0 Å². The second-order valence-electron chi connectivity index (χ2n) is 7.55. The molecular formula is C19H31N3O3S. The van der Waals surface area contributed by atoms with E-state index in [9.17, 15) is 13.2 Å². The number of amides is 1. The summed E-state index contributed by atoms with van der Waals surface area (Å²) < 4.78 is 23.1. The minimum Gasteiger partial charge on any atom is -0.342 e. The first-order chi connectivity index (χ1) is 12.2. The number of carbonyl (C=O) groups excluding carboxylic acids is 1. The zero-order valence-electron chi connectivity index (χ0n) is 16.0. The number of hydrogen-bond acceptors (Lipinski definition) is 5. The molecule has 0 aliphatic carbocycles. The summed E-state index contributed by atoms with van der Waals surface area (Å²) in [4.78, 5) is 16.5. The van der Waals surface area contributed by atoms with E-state index >= 15 is 0 Å². The first-order valence-corrected chi connectivity index (χ1v) is 11.0. The Morgan fingerprint density at radius 2 is 1.92 bits per heavy atom. The van der Waals surface area contributed by atoms with E-state index in [1.54, 1.807) is 11.9 Å². The molecule has 0 bridgehead atoms. The molecule has 1 aromatic rings. The third-order valence-corrected chi connectivity index (χ3v) is 6.63. The molecule has 1 heterocycles. The quantitative estimate of drug-likeness (QED) is 0.771. The van der Waals surface area contributed by atoms with Crippen molar-refractivity contribution < 1.29 is 13.2 Å². The van der Waals surface area contributed by atoms with Gasteiger partial charge in [-0.3, -0.25) is 9.69 Å². The van der Waals surface area contributed by atoms with Crippen molar-refractivity contribution in [3.05, 3.63) is 35.4 Å². The number of nitrogens with two attached hydrogens (primary N) is 1. The highest BCUT2D eigenvalue weighted by atomic mass is 32.2. The molecule has 146 valence electrons. The third-order valence-electron chi connectivity index (χ3n) is 5.02. The standard InChI is InChI=1S/C19H31N3O3S/c1-15(2)18(20)7-8-21(3)19(23)17-6-4-5-16(13-17)14-22-9-11-26(24,25)12-10-22/h4-6,13,15,18H,7-12,14,20H2,1-3H3. The maximum absolute atomic E-state index is 12.6. The fourth-order valence-corrected chi connectivity index (χ4v) is 4.24. The molecule has 1 fully saturated rings. The molecule has 0 aromatic heterocycles. The number of rotatable bonds is 7. The van der Waals surface area contributed by atoms with E-state index in [-0.39, 0.29) is 23.5 Å². The van der Waals surface area contributed by atoms with Crippen molar-refractivity contribution in [3.63, 3.8) is 0 Å². The Labute approximate surface area is 157 Å². The lowest BCUT2D eigenvalue weighted by atomic mass is 10.0. The molecule has 2 N–H and O–H groups in total. The molecule has 0 saturated carbocycles. The normalized spacial score (nSPS) is 18.7. The first-order valence-electron chi connectivity index (χ1n) is 9.21. The maximum Gasteiger partial charge on any atom is 0.253 e. The van der Waals surface area contributed by atoms with Gasteiger partial charge in [0.2, 0.25) is 0 Å². The van der Waals surface area contributed by atoms with Crippen molar-refractivity contribution >= 4 is 15.7 Å². The van der Waals surface area contributed by atoms with Gasteiger partial charge < -0.3 is 10.6 Å². The zero-order valence-corrected chi connectivity index (χ0v) is 16.8. The van der Waals surface area contributed by atoms with E-state index in [0.717, 1.165) is 12.0 Å². The molecule has 0 radical (unpaired) electrons. The molecule has 1 aromatic carbocycles. The average molecular weight is 382 g/mol. The average Bonchev–Trinajstić information content (AvgIpc) is 2.60. The predicted molar refractivity (Wildman–Crippen MR) is 105 cm³/mol. The summed E-state index contributed by atoms with van der Waals surface area (Å²) in [5.41, 5.74) is 7.75. The topological polar surface area (TPSA) is 83.7 Å². The number of sulfone groups is 1. The Bertz CT molecular complexity index is 704. The maximum atomic E-state index is 12.6. The molecule has 1 unspecified atom stereocenters. The van der Waals surface area contributed by atoms with Crippen molar-refractivity contribution in [1.29, 1.82) is 0 Å². The largest absolute Gasteiger partial charge is 0.342 e. The summed E-state index contributed by atoms with van der Waals surface area (Å²) in [5.74, 6) is 0.814. The van der Waals surface area contributed by atoms with Crippen LogP contribution in [0, 0.1) is 5.92 Å². The minimum absolute atomic E-state index is 0.0102. The van der Waals surface area contributed by atoms with E-state index in [4.69, 9.17) is 5.73 Å². The van der Waals surface area contributed by atoms with Crippen molar-refractivity contribution in [2.24, 2.45) is 11.7 Å². The summed E-state index contributed by atoms with van der Waals surface area (Å²) in [6.07, 6.45) is 0.780. The lowest BCUT2D eigenvalue weighted by molar-refractivity contribution is 0.0789. The van der Waals surface area contributed by atoms with Gasteiger partial charge in [-0.1, -0.05) is 26.0 Å². The number of nitrogens with zero attached hydrogens (tertiary/aromatic N) is 2. The highest BCUT2D eigenvalue weighted by Crippen LogP contribution is 2.13. The number of hydrogen-bond donors (Lipinski definition) is 1. The molecule has 1 aliphatic heterocycles. The van der Waals surface area contributed by atoms with Gasteiger partial charge in [-0.15, -0.1) is 0 Å². The SMILES string of the molecule is CC(C)C(N)CCN(C)C(=O)c1cccc(CN2CCS(=O)(=O)CC2)c1. The van der Waals surface area contributed by atoms with Crippen LogP contribution in [-0.2, 0) is 16.4 Å². The van der Waals surface area contributed by atoms with Crippen molar-refractivity contribution in [3.8, 4) is 0 Å². The van der Waals surface area contributed by atoms with E-state index in [0.29, 0.717) is 37.7 Å². The van der Waals surface area contributed by atoms with Crippen molar-refractivity contribution in [2.45, 2.75) is 32.9 Å². The molecule has 6 nitrogen and oxygen atoms in total. The van der Waals surface area contributed by atoms with Gasteiger partial charge in [0, 0.05) is 44.8 Å². The Balaban J connectivity index is 1.94. The second kappa shape index (κ2) is 8.97. The Morgan fingerprint density at radius 3 is 2.54 bits per heavy atom. The van der Waals surface area contributed by atoms with Crippen LogP contribution >= 0.6 is 0 Å². The lowest BCUT2D eigenvalue weighted by Crippen LogP contribution is -2.39. The highest BCUT2D eigenvalue weighted by molar-refractivity contribution is 7.91. The van der Waals surface area contributed by atoms with Gasteiger partial charge in [0.05, 0.1) is 11.5 Å². The van der Waals surface area contributed by atoms with Gasteiger partial charge in [0.1, 0.15) is 0 Å². The van der Waals surface area contributed by atoms with Crippen LogP contribution in [0.1, 0.15) is 36.2 Å². The third kappa shape index (κ3) is 6.07. The zero-order chi connectivity index (χ0) is 19.3. The fraction of sp³-hybridized carbons (Fsp3) is 0.632. The summed E-state index contributed by atoms with van der Waals surface area (Å²) >= 11 is 0.